The van der Waals surface area contributed by atoms with Crippen molar-refractivity contribution in [3.8, 4) is 11.8 Å². The molecule has 0 bridgehead atoms. The van der Waals surface area contributed by atoms with Crippen LogP contribution in [0.15, 0.2) is 29.2 Å². The summed E-state index contributed by atoms with van der Waals surface area (Å²) in [6.07, 6.45) is 4.31. The number of ether oxygens (including phenoxy) is 2. The zero-order chi connectivity index (χ0) is 23.4. The molecule has 10 heteroatoms. The Morgan fingerprint density at radius 1 is 1.18 bits per heavy atom. The van der Waals surface area contributed by atoms with Gasteiger partial charge < -0.3 is 14.8 Å². The Kier molecular flexibility index (Phi) is 7.34. The summed E-state index contributed by atoms with van der Waals surface area (Å²) in [5.74, 6) is 0.0361. The molecule has 1 aromatic carbocycles. The van der Waals surface area contributed by atoms with E-state index in [2.05, 4.69) is 11.4 Å². The number of fused-ring (bicyclic) bond motifs is 1. The van der Waals surface area contributed by atoms with Crippen LogP contribution in [0.4, 0.5) is 5.00 Å². The van der Waals surface area contributed by atoms with Crippen LogP contribution in [0.3, 0.4) is 0 Å². The number of rotatable bonds is 6. The van der Waals surface area contributed by atoms with Crippen molar-refractivity contribution >= 4 is 32.3 Å². The first-order valence-corrected chi connectivity index (χ1v) is 13.4. The van der Waals surface area contributed by atoms with Gasteiger partial charge in [0.1, 0.15) is 16.8 Å². The third-order valence-electron chi connectivity index (χ3n) is 5.88. The summed E-state index contributed by atoms with van der Waals surface area (Å²) < 4.78 is 37.8. The third kappa shape index (κ3) is 5.22. The minimum atomic E-state index is -3.59. The Balaban J connectivity index is 1.41. The van der Waals surface area contributed by atoms with E-state index in [1.54, 1.807) is 19.1 Å². The third-order valence-corrected chi connectivity index (χ3v) is 9.00. The molecule has 2 heterocycles. The molecule has 1 saturated heterocycles. The van der Waals surface area contributed by atoms with Crippen molar-refractivity contribution in [1.82, 2.24) is 4.31 Å². The van der Waals surface area contributed by atoms with Crippen LogP contribution in [0.1, 0.15) is 42.2 Å². The molecule has 0 unspecified atom stereocenters. The fourth-order valence-electron chi connectivity index (χ4n) is 4.05. The van der Waals surface area contributed by atoms with Crippen LogP contribution in [0.25, 0.3) is 0 Å². The number of nitriles is 1. The molecule has 1 atom stereocenters. The second-order valence-electron chi connectivity index (χ2n) is 8.12. The van der Waals surface area contributed by atoms with E-state index in [9.17, 15) is 18.5 Å². The summed E-state index contributed by atoms with van der Waals surface area (Å²) in [7, 11) is -3.59. The van der Waals surface area contributed by atoms with E-state index in [0.717, 1.165) is 37.7 Å². The van der Waals surface area contributed by atoms with E-state index < -0.39 is 16.1 Å². The number of amides is 1. The van der Waals surface area contributed by atoms with Crippen molar-refractivity contribution in [1.29, 1.82) is 5.26 Å². The van der Waals surface area contributed by atoms with Crippen LogP contribution in [0.5, 0.6) is 5.75 Å². The maximum Gasteiger partial charge on any atom is 0.265 e. The first kappa shape index (κ1) is 23.7. The minimum Gasteiger partial charge on any atom is -0.481 e. The maximum atomic E-state index is 12.7. The van der Waals surface area contributed by atoms with Crippen molar-refractivity contribution in [2.75, 3.05) is 31.6 Å². The molecule has 33 heavy (non-hydrogen) atoms. The Morgan fingerprint density at radius 2 is 1.88 bits per heavy atom. The molecule has 4 rings (SSSR count). The number of carbonyl (C=O) groups is 1. The zero-order valence-corrected chi connectivity index (χ0v) is 20.1. The highest BCUT2D eigenvalue weighted by Crippen LogP contribution is 2.37. The van der Waals surface area contributed by atoms with Gasteiger partial charge in [-0.05, 0) is 62.4 Å². The van der Waals surface area contributed by atoms with Crippen LogP contribution in [0.2, 0.25) is 0 Å². The summed E-state index contributed by atoms with van der Waals surface area (Å²) in [6.45, 7) is 3.04. The number of nitrogens with one attached hydrogen (secondary N) is 1. The van der Waals surface area contributed by atoms with Crippen LogP contribution in [0, 0.1) is 11.3 Å². The van der Waals surface area contributed by atoms with Gasteiger partial charge in [0.05, 0.1) is 23.7 Å². The van der Waals surface area contributed by atoms with Crippen molar-refractivity contribution < 1.29 is 22.7 Å². The number of sulfonamides is 1. The molecule has 2 aromatic rings. The quantitative estimate of drug-likeness (QED) is 0.624. The van der Waals surface area contributed by atoms with E-state index in [1.165, 1.54) is 32.7 Å². The maximum absolute atomic E-state index is 12.7. The lowest BCUT2D eigenvalue weighted by molar-refractivity contribution is -0.122. The second-order valence-corrected chi connectivity index (χ2v) is 11.2. The number of benzene rings is 1. The highest BCUT2D eigenvalue weighted by Gasteiger charge is 2.27. The molecular formula is C23H27N3O5S2. The van der Waals surface area contributed by atoms with E-state index in [1.807, 2.05) is 0 Å². The molecule has 1 aliphatic carbocycles. The van der Waals surface area contributed by atoms with E-state index in [4.69, 9.17) is 9.47 Å². The standard InChI is InChI=1S/C23H27N3O5S2/c1-16(22(27)25-23-20(15-24)19-5-3-2-4-6-21(19)32-23)31-17-7-9-18(10-8-17)33(28,29)26-11-13-30-14-12-26/h7-10,16H,2-6,11-14H2,1H3,(H,25,27)/t16-/m0/s1. The topological polar surface area (TPSA) is 109 Å². The number of carbonyl (C=O) groups excluding carboxylic acids is 1. The van der Waals surface area contributed by atoms with Gasteiger partial charge >= 0.3 is 0 Å². The lowest BCUT2D eigenvalue weighted by Gasteiger charge is -2.26. The highest BCUT2D eigenvalue weighted by molar-refractivity contribution is 7.89. The second kappa shape index (κ2) is 10.2. The smallest absolute Gasteiger partial charge is 0.265 e. The van der Waals surface area contributed by atoms with E-state index in [-0.39, 0.29) is 10.8 Å². The van der Waals surface area contributed by atoms with Crippen LogP contribution < -0.4 is 10.1 Å². The largest absolute Gasteiger partial charge is 0.481 e. The van der Waals surface area contributed by atoms with Crippen LogP contribution >= 0.6 is 11.3 Å². The molecule has 0 radical (unpaired) electrons. The van der Waals surface area contributed by atoms with E-state index >= 15 is 0 Å². The Labute approximate surface area is 198 Å². The number of anilines is 1. The molecule has 1 aliphatic heterocycles. The van der Waals surface area contributed by atoms with Gasteiger partial charge in [-0.1, -0.05) is 6.42 Å². The number of hydrogen-bond donors (Lipinski definition) is 1. The van der Waals surface area contributed by atoms with Crippen LogP contribution in [-0.2, 0) is 32.4 Å². The van der Waals surface area contributed by atoms with Gasteiger partial charge in [0.15, 0.2) is 6.10 Å². The number of aryl methyl sites for hydroxylation is 1. The van der Waals surface area contributed by atoms with Crippen molar-refractivity contribution in [3.63, 3.8) is 0 Å². The number of thiophene rings is 1. The van der Waals surface area contributed by atoms with Crippen molar-refractivity contribution in [2.45, 2.75) is 50.0 Å². The number of morpholine rings is 1. The molecule has 0 saturated carbocycles. The highest BCUT2D eigenvalue weighted by atomic mass is 32.2. The molecule has 1 aromatic heterocycles. The Hall–Kier alpha value is -2.45. The van der Waals surface area contributed by atoms with Gasteiger partial charge in [0, 0.05) is 18.0 Å². The van der Waals surface area contributed by atoms with Crippen molar-refractivity contribution in [3.05, 3.63) is 40.3 Å². The summed E-state index contributed by atoms with van der Waals surface area (Å²) >= 11 is 1.48. The van der Waals surface area contributed by atoms with E-state index in [0.29, 0.717) is 42.6 Å². The summed E-state index contributed by atoms with van der Waals surface area (Å²) in [4.78, 5) is 14.1. The normalized spacial score (nSPS) is 17.9. The van der Waals surface area contributed by atoms with Gasteiger partial charge in [-0.2, -0.15) is 9.57 Å². The SMILES string of the molecule is C[C@H](Oc1ccc(S(=O)(=O)N2CCOCC2)cc1)C(=O)Nc1sc2c(c1C#N)CCCCC2. The lowest BCUT2D eigenvalue weighted by Crippen LogP contribution is -2.40. The molecule has 1 amide bonds. The summed E-state index contributed by atoms with van der Waals surface area (Å²) in [5.41, 5.74) is 1.64. The van der Waals surface area contributed by atoms with Gasteiger partial charge in [0.2, 0.25) is 10.0 Å². The lowest BCUT2D eigenvalue weighted by atomic mass is 10.1. The first-order chi connectivity index (χ1) is 15.9. The molecule has 1 fully saturated rings. The average molecular weight is 490 g/mol. The van der Waals surface area contributed by atoms with Gasteiger partial charge in [-0.3, -0.25) is 4.79 Å². The first-order valence-electron chi connectivity index (χ1n) is 11.1. The molecule has 0 spiro atoms. The average Bonchev–Trinajstić information content (AvgIpc) is 2.98. The summed E-state index contributed by atoms with van der Waals surface area (Å²) in [6, 6.07) is 8.31. The fraction of sp³-hybridized carbons (Fsp3) is 0.478. The molecule has 1 N–H and O–H groups in total. The number of hydrogen-bond acceptors (Lipinski definition) is 7. The number of nitrogens with zero attached hydrogens (tertiary/aromatic N) is 2. The summed E-state index contributed by atoms with van der Waals surface area (Å²) in [5, 5.41) is 13.1. The van der Waals surface area contributed by atoms with Gasteiger partial charge in [-0.15, -0.1) is 11.3 Å². The molecule has 176 valence electrons. The Morgan fingerprint density at radius 3 is 2.58 bits per heavy atom. The predicted octanol–water partition coefficient (Wildman–Crippen LogP) is 3.32. The predicted molar refractivity (Wildman–Crippen MR) is 125 cm³/mol. The van der Waals surface area contributed by atoms with Crippen molar-refractivity contribution in [2.24, 2.45) is 0 Å². The monoisotopic (exact) mass is 489 g/mol. The Bertz CT molecular complexity index is 1150. The molecular weight excluding hydrogens is 462 g/mol. The zero-order valence-electron chi connectivity index (χ0n) is 18.5. The van der Waals surface area contributed by atoms with Crippen LogP contribution in [-0.4, -0.2) is 51.0 Å². The fourth-order valence-corrected chi connectivity index (χ4v) is 6.70. The van der Waals surface area contributed by atoms with Gasteiger partial charge in [-0.25, -0.2) is 8.42 Å². The molecule has 2 aliphatic rings. The minimum absolute atomic E-state index is 0.174. The molecule has 8 nitrogen and oxygen atoms in total. The van der Waals surface area contributed by atoms with Gasteiger partial charge in [0.25, 0.3) is 5.91 Å².